The Morgan fingerprint density at radius 3 is 2.44 bits per heavy atom. The molecule has 1 atom stereocenters. The van der Waals surface area contributed by atoms with Gasteiger partial charge in [-0.15, -0.1) is 0 Å². The number of rotatable bonds is 4. The fourth-order valence-corrected chi connectivity index (χ4v) is 2.16. The molecule has 18 heavy (non-hydrogen) atoms. The van der Waals surface area contributed by atoms with Crippen LogP contribution in [0.15, 0.2) is 34.7 Å². The molecule has 0 aliphatic heterocycles. The van der Waals surface area contributed by atoms with E-state index in [0.717, 1.165) is 17.9 Å². The van der Waals surface area contributed by atoms with E-state index in [9.17, 15) is 0 Å². The number of furan rings is 1. The van der Waals surface area contributed by atoms with Crippen LogP contribution in [-0.4, -0.2) is 7.05 Å². The van der Waals surface area contributed by atoms with Crippen molar-refractivity contribution in [3.8, 4) is 0 Å². The molecule has 2 nitrogen and oxygen atoms in total. The van der Waals surface area contributed by atoms with Crippen LogP contribution in [0.5, 0.6) is 0 Å². The molecule has 96 valence electrons. The zero-order valence-electron chi connectivity index (χ0n) is 11.6. The van der Waals surface area contributed by atoms with Crippen LogP contribution in [0.2, 0.25) is 0 Å². The minimum atomic E-state index is 0.129. The van der Waals surface area contributed by atoms with Gasteiger partial charge in [0, 0.05) is 6.42 Å². The molecular weight excluding hydrogens is 222 g/mol. The molecule has 1 unspecified atom stereocenters. The largest absolute Gasteiger partial charge is 0.464 e. The van der Waals surface area contributed by atoms with Gasteiger partial charge in [0.15, 0.2) is 0 Å². The zero-order chi connectivity index (χ0) is 13.1. The molecule has 0 saturated heterocycles. The second-order valence-corrected chi connectivity index (χ2v) is 4.72. The molecule has 1 aromatic carbocycles. The SMILES string of the molecule is CCc1ccc(C(NC)c2ccc(C)c(C)c2)o1. The fraction of sp³-hybridized carbons (Fsp3) is 0.375. The standard InChI is InChI=1S/C16H21NO/c1-5-14-8-9-15(18-14)16(17-4)13-7-6-11(2)12(3)10-13/h6-10,16-17H,5H2,1-4H3. The number of benzene rings is 1. The molecule has 2 heteroatoms. The van der Waals surface area contributed by atoms with Gasteiger partial charge in [-0.2, -0.15) is 0 Å². The van der Waals surface area contributed by atoms with Crippen molar-refractivity contribution in [2.75, 3.05) is 7.05 Å². The highest BCUT2D eigenvalue weighted by atomic mass is 16.3. The van der Waals surface area contributed by atoms with E-state index in [1.165, 1.54) is 16.7 Å². The van der Waals surface area contributed by atoms with Gasteiger partial charge in [-0.25, -0.2) is 0 Å². The normalized spacial score (nSPS) is 12.7. The van der Waals surface area contributed by atoms with Gasteiger partial charge in [0.1, 0.15) is 11.5 Å². The smallest absolute Gasteiger partial charge is 0.125 e. The molecule has 2 aromatic rings. The molecule has 1 N–H and O–H groups in total. The molecule has 0 aliphatic rings. The Morgan fingerprint density at radius 2 is 1.89 bits per heavy atom. The summed E-state index contributed by atoms with van der Waals surface area (Å²) in [6.07, 6.45) is 0.934. The van der Waals surface area contributed by atoms with E-state index >= 15 is 0 Å². The van der Waals surface area contributed by atoms with Crippen LogP contribution in [0.25, 0.3) is 0 Å². The number of hydrogen-bond acceptors (Lipinski definition) is 2. The van der Waals surface area contributed by atoms with Crippen molar-refractivity contribution in [3.63, 3.8) is 0 Å². The maximum Gasteiger partial charge on any atom is 0.125 e. The van der Waals surface area contributed by atoms with Crippen LogP contribution in [0.1, 0.15) is 41.2 Å². The Morgan fingerprint density at radius 1 is 1.11 bits per heavy atom. The maximum atomic E-state index is 5.85. The van der Waals surface area contributed by atoms with Gasteiger partial charge in [0.2, 0.25) is 0 Å². The van der Waals surface area contributed by atoms with E-state index < -0.39 is 0 Å². The number of hydrogen-bond donors (Lipinski definition) is 1. The summed E-state index contributed by atoms with van der Waals surface area (Å²) in [4.78, 5) is 0. The van der Waals surface area contributed by atoms with Gasteiger partial charge in [0.25, 0.3) is 0 Å². The van der Waals surface area contributed by atoms with E-state index in [1.54, 1.807) is 0 Å². The molecule has 0 aliphatic carbocycles. The van der Waals surface area contributed by atoms with Crippen molar-refractivity contribution in [1.29, 1.82) is 0 Å². The highest BCUT2D eigenvalue weighted by molar-refractivity contribution is 5.35. The lowest BCUT2D eigenvalue weighted by Crippen LogP contribution is -2.17. The van der Waals surface area contributed by atoms with Gasteiger partial charge < -0.3 is 9.73 Å². The summed E-state index contributed by atoms with van der Waals surface area (Å²) < 4.78 is 5.85. The topological polar surface area (TPSA) is 25.2 Å². The molecular formula is C16H21NO. The Bertz CT molecular complexity index is 528. The Balaban J connectivity index is 2.35. The minimum absolute atomic E-state index is 0.129. The summed E-state index contributed by atoms with van der Waals surface area (Å²) in [6, 6.07) is 10.8. The summed E-state index contributed by atoms with van der Waals surface area (Å²) in [5, 5.41) is 3.32. The molecule has 2 rings (SSSR count). The lowest BCUT2D eigenvalue weighted by Gasteiger charge is -2.15. The van der Waals surface area contributed by atoms with E-state index in [2.05, 4.69) is 56.4 Å². The first-order chi connectivity index (χ1) is 8.65. The second-order valence-electron chi connectivity index (χ2n) is 4.72. The van der Waals surface area contributed by atoms with Gasteiger partial charge in [-0.3, -0.25) is 0 Å². The van der Waals surface area contributed by atoms with Crippen LogP contribution in [0, 0.1) is 13.8 Å². The van der Waals surface area contributed by atoms with Crippen LogP contribution < -0.4 is 5.32 Å². The van der Waals surface area contributed by atoms with Gasteiger partial charge in [0.05, 0.1) is 6.04 Å². The van der Waals surface area contributed by atoms with Crippen molar-refractivity contribution in [1.82, 2.24) is 5.32 Å². The van der Waals surface area contributed by atoms with E-state index in [0.29, 0.717) is 0 Å². The molecule has 0 bridgehead atoms. The molecule has 0 saturated carbocycles. The van der Waals surface area contributed by atoms with E-state index in [-0.39, 0.29) is 6.04 Å². The van der Waals surface area contributed by atoms with Gasteiger partial charge >= 0.3 is 0 Å². The van der Waals surface area contributed by atoms with Gasteiger partial charge in [-0.1, -0.05) is 25.1 Å². The summed E-state index contributed by atoms with van der Waals surface area (Å²) >= 11 is 0. The van der Waals surface area contributed by atoms with Gasteiger partial charge in [-0.05, 0) is 49.7 Å². The predicted molar refractivity (Wildman–Crippen MR) is 74.9 cm³/mol. The van der Waals surface area contributed by atoms with E-state index in [4.69, 9.17) is 4.42 Å². The van der Waals surface area contributed by atoms with Crippen molar-refractivity contribution < 1.29 is 4.42 Å². The molecule has 0 spiro atoms. The quantitative estimate of drug-likeness (QED) is 0.884. The van der Waals surface area contributed by atoms with Crippen LogP contribution in [0.3, 0.4) is 0 Å². The Hall–Kier alpha value is -1.54. The average molecular weight is 243 g/mol. The third kappa shape index (κ3) is 2.49. The second kappa shape index (κ2) is 5.40. The molecule has 1 aromatic heterocycles. The first-order valence-electron chi connectivity index (χ1n) is 6.48. The van der Waals surface area contributed by atoms with Crippen LogP contribution in [0.4, 0.5) is 0 Å². The molecule has 1 heterocycles. The van der Waals surface area contributed by atoms with Crippen molar-refractivity contribution in [3.05, 3.63) is 58.5 Å². The highest BCUT2D eigenvalue weighted by Crippen LogP contribution is 2.25. The Kier molecular flexibility index (Phi) is 3.87. The first-order valence-corrected chi connectivity index (χ1v) is 6.48. The summed E-state index contributed by atoms with van der Waals surface area (Å²) in [6.45, 7) is 6.38. The van der Waals surface area contributed by atoms with E-state index in [1.807, 2.05) is 7.05 Å². The molecule has 0 radical (unpaired) electrons. The van der Waals surface area contributed by atoms with Crippen LogP contribution in [-0.2, 0) is 6.42 Å². The molecule has 0 fully saturated rings. The lowest BCUT2D eigenvalue weighted by atomic mass is 10.00. The lowest BCUT2D eigenvalue weighted by molar-refractivity contribution is 0.434. The fourth-order valence-electron chi connectivity index (χ4n) is 2.16. The first kappa shape index (κ1) is 12.9. The highest BCUT2D eigenvalue weighted by Gasteiger charge is 2.16. The van der Waals surface area contributed by atoms with Crippen molar-refractivity contribution in [2.24, 2.45) is 0 Å². The van der Waals surface area contributed by atoms with Crippen LogP contribution >= 0.6 is 0 Å². The zero-order valence-corrected chi connectivity index (χ0v) is 11.6. The summed E-state index contributed by atoms with van der Waals surface area (Å²) in [5.74, 6) is 2.02. The maximum absolute atomic E-state index is 5.85. The third-order valence-corrected chi connectivity index (χ3v) is 3.47. The predicted octanol–water partition coefficient (Wildman–Crippen LogP) is 3.77. The average Bonchev–Trinajstić information content (AvgIpc) is 2.83. The third-order valence-electron chi connectivity index (χ3n) is 3.47. The van der Waals surface area contributed by atoms with Crippen molar-refractivity contribution in [2.45, 2.75) is 33.2 Å². The monoisotopic (exact) mass is 243 g/mol. The number of nitrogens with one attached hydrogen (secondary N) is 1. The molecule has 0 amide bonds. The van der Waals surface area contributed by atoms with Crippen molar-refractivity contribution >= 4 is 0 Å². The summed E-state index contributed by atoms with van der Waals surface area (Å²) in [5.41, 5.74) is 3.88. The Labute approximate surface area is 109 Å². The number of aryl methyl sites for hydroxylation is 3. The minimum Gasteiger partial charge on any atom is -0.464 e. The summed E-state index contributed by atoms with van der Waals surface area (Å²) in [7, 11) is 1.97.